The van der Waals surface area contributed by atoms with Gasteiger partial charge in [-0.3, -0.25) is 4.79 Å². The molecule has 0 spiro atoms. The van der Waals surface area contributed by atoms with Crippen LogP contribution in [0.25, 0.3) is 0 Å². The van der Waals surface area contributed by atoms with Gasteiger partial charge in [0.1, 0.15) is 0 Å². The summed E-state index contributed by atoms with van der Waals surface area (Å²) in [6, 6.07) is -0.526. The van der Waals surface area contributed by atoms with Crippen LogP contribution in [0, 0.1) is 0 Å². The SMILES string of the molecule is COC(=O)N[C@@H]1CSC(CCCCC(=O)O)[C@@H]1NC(=O)OC. The van der Waals surface area contributed by atoms with Crippen molar-refractivity contribution >= 4 is 29.9 Å². The van der Waals surface area contributed by atoms with Crippen molar-refractivity contribution in [2.45, 2.75) is 43.0 Å². The first-order valence-corrected chi connectivity index (χ1v) is 8.05. The zero-order valence-electron chi connectivity index (χ0n) is 12.7. The number of carboxylic acids is 1. The standard InChI is InChI=1S/C13H22N2O6S/c1-20-12(18)14-8-7-22-9(5-3-4-6-10(16)17)11(8)15-13(19)21-2/h8-9,11H,3-7H2,1-2H3,(H,14,18)(H,15,19)(H,16,17)/t8-,9?,11-/m1/s1. The molecule has 22 heavy (non-hydrogen) atoms. The first kappa shape index (κ1) is 18.4. The second kappa shape index (κ2) is 9.39. The highest BCUT2D eigenvalue weighted by atomic mass is 32.2. The van der Waals surface area contributed by atoms with E-state index >= 15 is 0 Å². The quantitative estimate of drug-likeness (QED) is 0.599. The number of carbonyl (C=O) groups excluding carboxylic acids is 2. The Bertz CT molecular complexity index is 406. The fraction of sp³-hybridized carbons (Fsp3) is 0.769. The van der Waals surface area contributed by atoms with E-state index in [9.17, 15) is 14.4 Å². The molecule has 8 nitrogen and oxygen atoms in total. The maximum absolute atomic E-state index is 11.5. The number of hydrogen-bond acceptors (Lipinski definition) is 6. The third-order valence-electron chi connectivity index (χ3n) is 3.41. The van der Waals surface area contributed by atoms with Gasteiger partial charge >= 0.3 is 18.2 Å². The minimum absolute atomic E-state index is 0.0926. The van der Waals surface area contributed by atoms with Crippen LogP contribution >= 0.6 is 11.8 Å². The number of ether oxygens (including phenoxy) is 2. The number of methoxy groups -OCH3 is 2. The van der Waals surface area contributed by atoms with E-state index in [1.165, 1.54) is 14.2 Å². The van der Waals surface area contributed by atoms with Crippen molar-refractivity contribution in [3.05, 3.63) is 0 Å². The Labute approximate surface area is 133 Å². The topological polar surface area (TPSA) is 114 Å². The van der Waals surface area contributed by atoms with Crippen LogP contribution < -0.4 is 10.6 Å². The highest BCUT2D eigenvalue weighted by Crippen LogP contribution is 2.31. The summed E-state index contributed by atoms with van der Waals surface area (Å²) < 4.78 is 9.20. The minimum Gasteiger partial charge on any atom is -0.481 e. The average molecular weight is 334 g/mol. The minimum atomic E-state index is -0.812. The van der Waals surface area contributed by atoms with Gasteiger partial charge in [0.25, 0.3) is 0 Å². The molecule has 2 amide bonds. The number of carbonyl (C=O) groups is 3. The smallest absolute Gasteiger partial charge is 0.407 e. The molecule has 126 valence electrons. The predicted octanol–water partition coefficient (Wildman–Crippen LogP) is 1.20. The number of amides is 2. The van der Waals surface area contributed by atoms with Crippen molar-refractivity contribution in [2.75, 3.05) is 20.0 Å². The van der Waals surface area contributed by atoms with E-state index in [4.69, 9.17) is 5.11 Å². The van der Waals surface area contributed by atoms with E-state index in [2.05, 4.69) is 20.1 Å². The first-order chi connectivity index (χ1) is 10.5. The summed E-state index contributed by atoms with van der Waals surface area (Å²) in [4.78, 5) is 33.3. The zero-order valence-corrected chi connectivity index (χ0v) is 13.5. The van der Waals surface area contributed by atoms with Gasteiger partial charge in [0.05, 0.1) is 26.3 Å². The van der Waals surface area contributed by atoms with Crippen LogP contribution in [-0.2, 0) is 14.3 Å². The molecule has 0 aromatic heterocycles. The fourth-order valence-corrected chi connectivity index (χ4v) is 3.85. The normalized spacial score (nSPS) is 23.6. The Balaban J connectivity index is 2.55. The Hall–Kier alpha value is -1.64. The van der Waals surface area contributed by atoms with Gasteiger partial charge in [-0.25, -0.2) is 9.59 Å². The molecule has 1 rings (SSSR count). The van der Waals surface area contributed by atoms with Crippen LogP contribution in [0.4, 0.5) is 9.59 Å². The maximum atomic E-state index is 11.5. The molecule has 0 aromatic carbocycles. The molecule has 0 aliphatic carbocycles. The summed E-state index contributed by atoms with van der Waals surface area (Å²) in [6.07, 6.45) is 1.12. The highest BCUT2D eigenvalue weighted by Gasteiger charge is 2.38. The van der Waals surface area contributed by atoms with Crippen molar-refractivity contribution in [1.29, 1.82) is 0 Å². The number of carboxylic acid groups (broad SMARTS) is 1. The Kier molecular flexibility index (Phi) is 7.86. The molecule has 0 aromatic rings. The molecule has 1 aliphatic rings. The third kappa shape index (κ3) is 6.00. The van der Waals surface area contributed by atoms with Crippen molar-refractivity contribution in [3.63, 3.8) is 0 Å². The number of nitrogens with one attached hydrogen (secondary N) is 2. The van der Waals surface area contributed by atoms with Crippen molar-refractivity contribution in [1.82, 2.24) is 10.6 Å². The monoisotopic (exact) mass is 334 g/mol. The number of thioether (sulfide) groups is 1. The fourth-order valence-electron chi connectivity index (χ4n) is 2.31. The summed E-state index contributed by atoms with van der Waals surface area (Å²) in [6.45, 7) is 0. The van der Waals surface area contributed by atoms with Gasteiger partial charge in [-0.1, -0.05) is 6.42 Å². The van der Waals surface area contributed by atoms with Crippen LogP contribution in [-0.4, -0.2) is 60.6 Å². The second-order valence-corrected chi connectivity index (χ2v) is 6.19. The Morgan fingerprint density at radius 3 is 2.36 bits per heavy atom. The molecular weight excluding hydrogens is 312 g/mol. The maximum Gasteiger partial charge on any atom is 0.407 e. The Morgan fingerprint density at radius 1 is 1.14 bits per heavy atom. The molecule has 1 saturated heterocycles. The van der Waals surface area contributed by atoms with Crippen LogP contribution in [0.2, 0.25) is 0 Å². The molecule has 3 N–H and O–H groups in total. The zero-order chi connectivity index (χ0) is 16.5. The largest absolute Gasteiger partial charge is 0.481 e. The number of aliphatic carboxylic acids is 1. The first-order valence-electron chi connectivity index (χ1n) is 7.00. The molecule has 9 heteroatoms. The second-order valence-electron chi connectivity index (χ2n) is 4.92. The number of rotatable bonds is 7. The molecular formula is C13H22N2O6S. The molecule has 0 radical (unpaired) electrons. The third-order valence-corrected chi connectivity index (χ3v) is 4.92. The Morgan fingerprint density at radius 2 is 1.77 bits per heavy atom. The lowest BCUT2D eigenvalue weighted by Gasteiger charge is -2.24. The van der Waals surface area contributed by atoms with Crippen LogP contribution in [0.5, 0.6) is 0 Å². The van der Waals surface area contributed by atoms with Gasteiger partial charge in [0, 0.05) is 17.4 Å². The number of unbranched alkanes of at least 4 members (excludes halogenated alkanes) is 1. The summed E-state index contributed by atoms with van der Waals surface area (Å²) in [7, 11) is 2.56. The van der Waals surface area contributed by atoms with E-state index in [1.54, 1.807) is 11.8 Å². The molecule has 1 aliphatic heterocycles. The van der Waals surface area contributed by atoms with Gasteiger partial charge in [0.15, 0.2) is 0 Å². The molecule has 0 bridgehead atoms. The summed E-state index contributed by atoms with van der Waals surface area (Å²) in [5, 5.41) is 14.2. The van der Waals surface area contributed by atoms with E-state index in [-0.39, 0.29) is 23.8 Å². The summed E-state index contributed by atoms with van der Waals surface area (Å²) >= 11 is 1.63. The van der Waals surface area contributed by atoms with Crippen molar-refractivity contribution in [2.24, 2.45) is 0 Å². The van der Waals surface area contributed by atoms with Gasteiger partial charge < -0.3 is 25.2 Å². The van der Waals surface area contributed by atoms with Crippen LogP contribution in [0.1, 0.15) is 25.7 Å². The lowest BCUT2D eigenvalue weighted by atomic mass is 10.0. The predicted molar refractivity (Wildman–Crippen MR) is 81.0 cm³/mol. The van der Waals surface area contributed by atoms with Gasteiger partial charge in [-0.05, 0) is 12.8 Å². The van der Waals surface area contributed by atoms with Crippen molar-refractivity contribution < 1.29 is 29.0 Å². The molecule has 1 fully saturated rings. The van der Waals surface area contributed by atoms with E-state index in [0.29, 0.717) is 12.2 Å². The van der Waals surface area contributed by atoms with Crippen molar-refractivity contribution in [3.8, 4) is 0 Å². The van der Waals surface area contributed by atoms with Gasteiger partial charge in [-0.2, -0.15) is 11.8 Å². The van der Waals surface area contributed by atoms with Crippen LogP contribution in [0.3, 0.4) is 0 Å². The van der Waals surface area contributed by atoms with E-state index in [1.807, 2.05) is 0 Å². The average Bonchev–Trinajstić information content (AvgIpc) is 2.85. The molecule has 0 saturated carbocycles. The van der Waals surface area contributed by atoms with Gasteiger partial charge in [-0.15, -0.1) is 0 Å². The lowest BCUT2D eigenvalue weighted by molar-refractivity contribution is -0.137. The number of alkyl carbamates (subject to hydrolysis) is 2. The van der Waals surface area contributed by atoms with Crippen LogP contribution in [0.15, 0.2) is 0 Å². The highest BCUT2D eigenvalue weighted by molar-refractivity contribution is 8.00. The lowest BCUT2D eigenvalue weighted by Crippen LogP contribution is -2.53. The number of hydrogen-bond donors (Lipinski definition) is 3. The summed E-state index contributed by atoms with van der Waals surface area (Å²) in [5.41, 5.74) is 0. The summed E-state index contributed by atoms with van der Waals surface area (Å²) in [5.74, 6) is -0.165. The molecule has 3 atom stereocenters. The molecule has 1 heterocycles. The van der Waals surface area contributed by atoms with Gasteiger partial charge in [0.2, 0.25) is 0 Å². The van der Waals surface area contributed by atoms with E-state index < -0.39 is 18.2 Å². The van der Waals surface area contributed by atoms with E-state index in [0.717, 1.165) is 12.8 Å². The molecule has 1 unspecified atom stereocenters.